The molecule has 0 bridgehead atoms. The van der Waals surface area contributed by atoms with Crippen LogP contribution in [0.2, 0.25) is 0 Å². The van der Waals surface area contributed by atoms with Gasteiger partial charge in [-0.2, -0.15) is 0 Å². The maximum absolute atomic E-state index is 5.24. The van der Waals surface area contributed by atoms with Gasteiger partial charge in [-0.05, 0) is 5.92 Å². The molecule has 6 heavy (non-hydrogen) atoms. The number of hydrogen-bond donors (Lipinski definition) is 1. The van der Waals surface area contributed by atoms with E-state index in [-0.39, 0.29) is 1.43 Å². The van der Waals surface area contributed by atoms with Crippen molar-refractivity contribution in [1.29, 1.82) is 0 Å². The topological polar surface area (TPSA) is 26.0 Å². The predicted octanol–water partition coefficient (Wildman–Crippen LogP) is 1.36. The van der Waals surface area contributed by atoms with Gasteiger partial charge in [-0.25, -0.2) is 0 Å². The first-order valence-corrected chi connectivity index (χ1v) is 2.09. The fraction of sp³-hybridized carbons (Fsp3) is 0.600. The molecular weight excluding hydrogens is 74.1 g/mol. The molecule has 0 saturated heterocycles. The summed E-state index contributed by atoms with van der Waals surface area (Å²) in [5.41, 5.74) is 6.00. The van der Waals surface area contributed by atoms with Gasteiger partial charge in [0.1, 0.15) is 0 Å². The molecule has 0 amide bonds. The highest BCUT2D eigenvalue weighted by molar-refractivity contribution is 4.88. The standard InChI is InChI=1S/C5H11N.H2/c1-4(2)5(3)6;/h4H,3,6H2,1-2H3;1H. The van der Waals surface area contributed by atoms with Crippen molar-refractivity contribution < 1.29 is 1.43 Å². The van der Waals surface area contributed by atoms with Crippen LogP contribution in [0.3, 0.4) is 0 Å². The number of nitrogens with two attached hydrogens (primary N) is 1. The minimum absolute atomic E-state index is 0. The first-order chi connectivity index (χ1) is 2.64. The van der Waals surface area contributed by atoms with Crippen molar-refractivity contribution in [3.05, 3.63) is 12.3 Å². The predicted molar refractivity (Wildman–Crippen MR) is 30.3 cm³/mol. The van der Waals surface area contributed by atoms with Gasteiger partial charge in [-0.1, -0.05) is 20.4 Å². The van der Waals surface area contributed by atoms with Gasteiger partial charge in [0.25, 0.3) is 0 Å². The van der Waals surface area contributed by atoms with Crippen molar-refractivity contribution in [1.82, 2.24) is 0 Å². The van der Waals surface area contributed by atoms with Crippen molar-refractivity contribution in [3.8, 4) is 0 Å². The normalized spacial score (nSPS) is 9.17. The van der Waals surface area contributed by atoms with E-state index in [4.69, 9.17) is 5.73 Å². The second-order valence-corrected chi connectivity index (χ2v) is 1.73. The third kappa shape index (κ3) is 1.82. The molecule has 0 aliphatic rings. The monoisotopic (exact) mass is 87.1 g/mol. The highest BCUT2D eigenvalue weighted by Gasteiger charge is 1.88. The molecule has 0 aliphatic carbocycles. The van der Waals surface area contributed by atoms with E-state index in [9.17, 15) is 0 Å². The highest BCUT2D eigenvalue weighted by Crippen LogP contribution is 1.95. The first-order valence-electron chi connectivity index (χ1n) is 2.09. The largest absolute Gasteiger partial charge is 0.402 e. The molecule has 0 spiro atoms. The fourth-order valence-electron chi connectivity index (χ4n) is 0. The van der Waals surface area contributed by atoms with E-state index in [2.05, 4.69) is 6.58 Å². The van der Waals surface area contributed by atoms with Crippen molar-refractivity contribution in [2.24, 2.45) is 11.7 Å². The van der Waals surface area contributed by atoms with E-state index in [1.54, 1.807) is 0 Å². The molecule has 0 unspecified atom stereocenters. The second-order valence-electron chi connectivity index (χ2n) is 1.73. The van der Waals surface area contributed by atoms with Crippen LogP contribution in [0.1, 0.15) is 15.3 Å². The summed E-state index contributed by atoms with van der Waals surface area (Å²) in [6.45, 7) is 7.56. The third-order valence-electron chi connectivity index (χ3n) is 0.742. The molecule has 1 heteroatoms. The maximum atomic E-state index is 5.24. The molecule has 0 aromatic carbocycles. The Morgan fingerprint density at radius 3 is 2.00 bits per heavy atom. The summed E-state index contributed by atoms with van der Waals surface area (Å²) in [4.78, 5) is 0. The zero-order valence-electron chi connectivity index (χ0n) is 4.36. The van der Waals surface area contributed by atoms with Crippen LogP contribution in [-0.4, -0.2) is 0 Å². The van der Waals surface area contributed by atoms with Crippen molar-refractivity contribution in [3.63, 3.8) is 0 Å². The minimum atomic E-state index is 0. The summed E-state index contributed by atoms with van der Waals surface area (Å²) >= 11 is 0. The Bertz CT molecular complexity index is 59.1. The molecule has 2 N–H and O–H groups in total. The Morgan fingerprint density at radius 2 is 2.00 bits per heavy atom. The molecule has 0 aromatic rings. The van der Waals surface area contributed by atoms with Gasteiger partial charge in [0.05, 0.1) is 0 Å². The Morgan fingerprint density at radius 1 is 1.83 bits per heavy atom. The quantitative estimate of drug-likeness (QED) is 0.513. The van der Waals surface area contributed by atoms with Gasteiger partial charge in [-0.3, -0.25) is 0 Å². The van der Waals surface area contributed by atoms with Gasteiger partial charge >= 0.3 is 0 Å². The lowest BCUT2D eigenvalue weighted by molar-refractivity contribution is 0.761. The molecular formula is C5H13N. The highest BCUT2D eigenvalue weighted by atomic mass is 14.6. The van der Waals surface area contributed by atoms with Gasteiger partial charge in [0.15, 0.2) is 0 Å². The van der Waals surface area contributed by atoms with Crippen LogP contribution in [0.5, 0.6) is 0 Å². The lowest BCUT2D eigenvalue weighted by Crippen LogP contribution is -2.01. The molecule has 0 heterocycles. The first kappa shape index (κ1) is 5.54. The lowest BCUT2D eigenvalue weighted by atomic mass is 10.2. The molecule has 38 valence electrons. The van der Waals surface area contributed by atoms with Crippen molar-refractivity contribution in [2.75, 3.05) is 0 Å². The Labute approximate surface area is 40.3 Å². The van der Waals surface area contributed by atoms with E-state index < -0.39 is 0 Å². The summed E-state index contributed by atoms with van der Waals surface area (Å²) in [6, 6.07) is 0. The zero-order chi connectivity index (χ0) is 5.15. The molecule has 0 aliphatic heterocycles. The van der Waals surface area contributed by atoms with Crippen LogP contribution in [0.4, 0.5) is 0 Å². The number of hydrogen-bond acceptors (Lipinski definition) is 1. The Balaban J connectivity index is 0. The summed E-state index contributed by atoms with van der Waals surface area (Å²) in [6.07, 6.45) is 0. The van der Waals surface area contributed by atoms with E-state index in [0.29, 0.717) is 5.92 Å². The second kappa shape index (κ2) is 1.85. The third-order valence-corrected chi connectivity index (χ3v) is 0.742. The van der Waals surface area contributed by atoms with Crippen LogP contribution in [0.25, 0.3) is 0 Å². The van der Waals surface area contributed by atoms with Crippen LogP contribution in [0, 0.1) is 5.92 Å². The summed E-state index contributed by atoms with van der Waals surface area (Å²) in [5.74, 6) is 0.435. The Hall–Kier alpha value is -0.460. The molecule has 0 radical (unpaired) electrons. The smallest absolute Gasteiger partial charge is 0.00334 e. The Kier molecular flexibility index (Phi) is 1.71. The molecule has 0 atom stereocenters. The molecule has 0 aromatic heterocycles. The van der Waals surface area contributed by atoms with Crippen LogP contribution < -0.4 is 5.73 Å². The number of allylic oxidation sites excluding steroid dienone is 1. The van der Waals surface area contributed by atoms with Gasteiger partial charge in [-0.15, -0.1) is 0 Å². The number of rotatable bonds is 1. The average molecular weight is 87.2 g/mol. The van der Waals surface area contributed by atoms with E-state index >= 15 is 0 Å². The van der Waals surface area contributed by atoms with Gasteiger partial charge in [0, 0.05) is 7.12 Å². The van der Waals surface area contributed by atoms with E-state index in [0.717, 1.165) is 5.70 Å². The van der Waals surface area contributed by atoms with Gasteiger partial charge < -0.3 is 5.73 Å². The fourth-order valence-corrected chi connectivity index (χ4v) is 0. The SMILES string of the molecule is C=C(N)C(C)C.[HH]. The van der Waals surface area contributed by atoms with Crippen LogP contribution >= 0.6 is 0 Å². The van der Waals surface area contributed by atoms with Crippen molar-refractivity contribution in [2.45, 2.75) is 13.8 Å². The van der Waals surface area contributed by atoms with E-state index in [1.165, 1.54) is 0 Å². The average Bonchev–Trinajstić information content (AvgIpc) is 1.36. The summed E-state index contributed by atoms with van der Waals surface area (Å²) < 4.78 is 0. The zero-order valence-corrected chi connectivity index (χ0v) is 4.36. The molecule has 0 fully saturated rings. The maximum Gasteiger partial charge on any atom is 0.00334 e. The minimum Gasteiger partial charge on any atom is -0.402 e. The van der Waals surface area contributed by atoms with Crippen LogP contribution in [0.15, 0.2) is 12.3 Å². The lowest BCUT2D eigenvalue weighted by Gasteiger charge is -1.98. The van der Waals surface area contributed by atoms with Gasteiger partial charge in [0.2, 0.25) is 0 Å². The molecule has 1 nitrogen and oxygen atoms in total. The molecule has 0 rings (SSSR count). The summed E-state index contributed by atoms with van der Waals surface area (Å²) in [5, 5.41) is 0. The van der Waals surface area contributed by atoms with Crippen LogP contribution in [-0.2, 0) is 0 Å². The van der Waals surface area contributed by atoms with E-state index in [1.807, 2.05) is 13.8 Å². The summed E-state index contributed by atoms with van der Waals surface area (Å²) in [7, 11) is 0. The van der Waals surface area contributed by atoms with Crippen molar-refractivity contribution >= 4 is 0 Å². The molecule has 0 saturated carbocycles.